The first kappa shape index (κ1) is 14.3. The summed E-state index contributed by atoms with van der Waals surface area (Å²) in [5.74, 6) is -2.85. The molecule has 106 valence electrons. The van der Waals surface area contributed by atoms with Gasteiger partial charge in [-0.25, -0.2) is 18.2 Å². The lowest BCUT2D eigenvalue weighted by atomic mass is 10.1. The first-order valence-electron chi connectivity index (χ1n) is 5.91. The summed E-state index contributed by atoms with van der Waals surface area (Å²) in [5, 5.41) is 1.89. The van der Waals surface area contributed by atoms with Crippen molar-refractivity contribution >= 4 is 27.3 Å². The topological polar surface area (TPSA) is 12.9 Å². The van der Waals surface area contributed by atoms with Crippen molar-refractivity contribution in [3.05, 3.63) is 63.7 Å². The molecule has 0 aliphatic carbocycles. The molecule has 1 nitrogen and oxygen atoms in total. The molecular weight excluding hydrogens is 363 g/mol. The molecule has 0 unspecified atom stereocenters. The van der Waals surface area contributed by atoms with Crippen LogP contribution in [0.3, 0.4) is 0 Å². The molecule has 0 fully saturated rings. The molecule has 0 atom stereocenters. The molecule has 3 rings (SSSR count). The average Bonchev–Trinajstić information content (AvgIpc) is 2.87. The Morgan fingerprint density at radius 3 is 2.19 bits per heavy atom. The fraction of sp³-hybridized carbons (Fsp3) is 0. The number of benzene rings is 2. The van der Waals surface area contributed by atoms with Gasteiger partial charge in [0.15, 0.2) is 0 Å². The molecule has 3 aromatic rings. The SMILES string of the molecule is Fc1cc(F)c(-c2nc(-c3ccc(Br)cc3)cs2)c(F)c1. The minimum Gasteiger partial charge on any atom is -0.236 e. The van der Waals surface area contributed by atoms with Gasteiger partial charge < -0.3 is 0 Å². The lowest BCUT2D eigenvalue weighted by Gasteiger charge is -2.01. The quantitative estimate of drug-likeness (QED) is 0.568. The summed E-state index contributed by atoms with van der Waals surface area (Å²) in [6.07, 6.45) is 0. The molecule has 0 amide bonds. The van der Waals surface area contributed by atoms with Crippen molar-refractivity contribution in [2.24, 2.45) is 0 Å². The van der Waals surface area contributed by atoms with E-state index in [4.69, 9.17) is 0 Å². The van der Waals surface area contributed by atoms with Gasteiger partial charge in [0.1, 0.15) is 22.5 Å². The smallest absolute Gasteiger partial charge is 0.139 e. The number of aromatic nitrogens is 1. The van der Waals surface area contributed by atoms with Gasteiger partial charge in [-0.1, -0.05) is 28.1 Å². The van der Waals surface area contributed by atoms with Crippen molar-refractivity contribution in [2.45, 2.75) is 0 Å². The van der Waals surface area contributed by atoms with E-state index in [0.29, 0.717) is 17.8 Å². The van der Waals surface area contributed by atoms with Gasteiger partial charge in [-0.2, -0.15) is 0 Å². The third-order valence-corrected chi connectivity index (χ3v) is 4.25. The molecule has 0 radical (unpaired) electrons. The fourth-order valence-electron chi connectivity index (χ4n) is 1.89. The van der Waals surface area contributed by atoms with Crippen LogP contribution in [0.25, 0.3) is 21.8 Å². The van der Waals surface area contributed by atoms with Gasteiger partial charge in [0.05, 0.1) is 11.3 Å². The Bertz CT molecular complexity index is 776. The molecule has 0 saturated carbocycles. The molecule has 0 saturated heterocycles. The molecule has 1 heterocycles. The molecule has 2 aromatic carbocycles. The average molecular weight is 370 g/mol. The van der Waals surface area contributed by atoms with Crippen LogP contribution < -0.4 is 0 Å². The highest BCUT2D eigenvalue weighted by Gasteiger charge is 2.17. The summed E-state index contributed by atoms with van der Waals surface area (Å²) in [4.78, 5) is 4.23. The highest BCUT2D eigenvalue weighted by molar-refractivity contribution is 9.10. The van der Waals surface area contributed by atoms with Crippen LogP contribution in [0.5, 0.6) is 0 Å². The van der Waals surface area contributed by atoms with Crippen LogP contribution in [0.4, 0.5) is 13.2 Å². The Labute approximate surface area is 131 Å². The van der Waals surface area contributed by atoms with Crippen molar-refractivity contribution in [1.82, 2.24) is 4.98 Å². The summed E-state index contributed by atoms with van der Waals surface area (Å²) in [5.41, 5.74) is 1.15. The number of thiazole rings is 1. The fourth-order valence-corrected chi connectivity index (χ4v) is 3.03. The molecule has 1 aromatic heterocycles. The lowest BCUT2D eigenvalue weighted by molar-refractivity contribution is 0.548. The normalized spacial score (nSPS) is 10.9. The van der Waals surface area contributed by atoms with Crippen LogP contribution in [0.2, 0.25) is 0 Å². The van der Waals surface area contributed by atoms with Crippen LogP contribution in [0.1, 0.15) is 0 Å². The van der Waals surface area contributed by atoms with Crippen LogP contribution in [0.15, 0.2) is 46.3 Å². The van der Waals surface area contributed by atoms with Gasteiger partial charge >= 0.3 is 0 Å². The van der Waals surface area contributed by atoms with E-state index in [-0.39, 0.29) is 10.6 Å². The molecule has 21 heavy (non-hydrogen) atoms. The number of nitrogens with zero attached hydrogens (tertiary/aromatic N) is 1. The zero-order chi connectivity index (χ0) is 15.0. The zero-order valence-corrected chi connectivity index (χ0v) is 12.8. The monoisotopic (exact) mass is 369 g/mol. The molecular formula is C15H7BrF3NS. The van der Waals surface area contributed by atoms with Gasteiger partial charge in [-0.05, 0) is 12.1 Å². The van der Waals surface area contributed by atoms with Crippen LogP contribution in [-0.4, -0.2) is 4.98 Å². The van der Waals surface area contributed by atoms with Gasteiger partial charge in [0, 0.05) is 27.5 Å². The third kappa shape index (κ3) is 2.87. The van der Waals surface area contributed by atoms with Gasteiger partial charge in [-0.3, -0.25) is 0 Å². The van der Waals surface area contributed by atoms with E-state index in [9.17, 15) is 13.2 Å². The summed E-state index contributed by atoms with van der Waals surface area (Å²) in [6, 6.07) is 8.71. The molecule has 0 aliphatic rings. The summed E-state index contributed by atoms with van der Waals surface area (Å²) >= 11 is 4.44. The molecule has 6 heteroatoms. The number of hydrogen-bond acceptors (Lipinski definition) is 2. The highest BCUT2D eigenvalue weighted by Crippen LogP contribution is 2.33. The highest BCUT2D eigenvalue weighted by atomic mass is 79.9. The summed E-state index contributed by atoms with van der Waals surface area (Å²) in [7, 11) is 0. The van der Waals surface area contributed by atoms with Gasteiger partial charge in [-0.15, -0.1) is 11.3 Å². The van der Waals surface area contributed by atoms with Gasteiger partial charge in [0.2, 0.25) is 0 Å². The van der Waals surface area contributed by atoms with Gasteiger partial charge in [0.25, 0.3) is 0 Å². The minimum atomic E-state index is -0.954. The second kappa shape index (κ2) is 5.61. The standard InChI is InChI=1S/C15H7BrF3NS/c16-9-3-1-8(2-4-9)13-7-21-15(20-13)14-11(18)5-10(17)6-12(14)19/h1-7H. The zero-order valence-electron chi connectivity index (χ0n) is 10.4. The van der Waals surface area contributed by atoms with Crippen LogP contribution >= 0.6 is 27.3 Å². The number of halogens is 4. The van der Waals surface area contributed by atoms with E-state index in [2.05, 4.69) is 20.9 Å². The Morgan fingerprint density at radius 1 is 0.952 bits per heavy atom. The Hall–Kier alpha value is -1.66. The molecule has 0 spiro atoms. The van der Waals surface area contributed by atoms with Crippen molar-refractivity contribution in [3.63, 3.8) is 0 Å². The van der Waals surface area contributed by atoms with E-state index < -0.39 is 17.5 Å². The molecule has 0 bridgehead atoms. The second-order valence-corrected chi connectivity index (χ2v) is 6.06. The maximum Gasteiger partial charge on any atom is 0.139 e. The first-order valence-corrected chi connectivity index (χ1v) is 7.58. The maximum atomic E-state index is 13.7. The number of hydrogen-bond donors (Lipinski definition) is 0. The minimum absolute atomic E-state index is 0.183. The van der Waals surface area contributed by atoms with Crippen molar-refractivity contribution in [2.75, 3.05) is 0 Å². The third-order valence-electron chi connectivity index (χ3n) is 2.86. The van der Waals surface area contributed by atoms with E-state index in [1.807, 2.05) is 24.3 Å². The van der Waals surface area contributed by atoms with Crippen LogP contribution in [-0.2, 0) is 0 Å². The Morgan fingerprint density at radius 2 is 1.57 bits per heavy atom. The summed E-state index contributed by atoms with van der Waals surface area (Å²) in [6.45, 7) is 0. The lowest BCUT2D eigenvalue weighted by Crippen LogP contribution is -1.92. The predicted octanol–water partition coefficient (Wildman–Crippen LogP) is 5.66. The van der Waals surface area contributed by atoms with E-state index in [1.165, 1.54) is 0 Å². The van der Waals surface area contributed by atoms with Crippen molar-refractivity contribution in [3.8, 4) is 21.8 Å². The largest absolute Gasteiger partial charge is 0.236 e. The van der Waals surface area contributed by atoms with E-state index >= 15 is 0 Å². The Kier molecular flexibility index (Phi) is 3.82. The number of rotatable bonds is 2. The van der Waals surface area contributed by atoms with E-state index in [0.717, 1.165) is 21.4 Å². The first-order chi connectivity index (χ1) is 10.0. The molecule has 0 N–H and O–H groups in total. The van der Waals surface area contributed by atoms with Crippen molar-refractivity contribution in [1.29, 1.82) is 0 Å². The summed E-state index contributed by atoms with van der Waals surface area (Å²) < 4.78 is 41.3. The van der Waals surface area contributed by atoms with E-state index in [1.54, 1.807) is 5.38 Å². The second-order valence-electron chi connectivity index (χ2n) is 4.29. The predicted molar refractivity (Wildman–Crippen MR) is 80.6 cm³/mol. The van der Waals surface area contributed by atoms with Crippen molar-refractivity contribution < 1.29 is 13.2 Å². The molecule has 0 aliphatic heterocycles. The Balaban J connectivity index is 2.05. The maximum absolute atomic E-state index is 13.7. The van der Waals surface area contributed by atoms with Crippen LogP contribution in [0, 0.1) is 17.5 Å².